The topological polar surface area (TPSA) is 69.6 Å². The van der Waals surface area contributed by atoms with Gasteiger partial charge in [-0.15, -0.1) is 0 Å². The van der Waals surface area contributed by atoms with Crippen LogP contribution in [0.5, 0.6) is 0 Å². The summed E-state index contributed by atoms with van der Waals surface area (Å²) in [6.45, 7) is 5.75. The predicted octanol–water partition coefficient (Wildman–Crippen LogP) is 2.02. The van der Waals surface area contributed by atoms with Crippen molar-refractivity contribution in [1.82, 2.24) is 10.2 Å². The molecule has 1 saturated carbocycles. The fraction of sp³-hybridized carbons (Fsp3) is 0.857. The molecular formula is C14H24N2O3S. The van der Waals surface area contributed by atoms with E-state index in [4.69, 9.17) is 5.11 Å². The normalized spacial score (nSPS) is 24.6. The molecule has 2 rings (SSSR count). The number of carboxylic acid groups (broad SMARTS) is 1. The molecule has 5 nitrogen and oxygen atoms in total. The number of rotatable bonds is 5. The summed E-state index contributed by atoms with van der Waals surface area (Å²) < 4.78 is 0. The van der Waals surface area contributed by atoms with Gasteiger partial charge in [-0.05, 0) is 24.2 Å². The van der Waals surface area contributed by atoms with Crippen LogP contribution in [0, 0.1) is 11.3 Å². The van der Waals surface area contributed by atoms with E-state index in [9.17, 15) is 9.59 Å². The first-order chi connectivity index (χ1) is 9.44. The van der Waals surface area contributed by atoms with Gasteiger partial charge in [0, 0.05) is 24.6 Å². The molecule has 1 atom stereocenters. The molecule has 114 valence electrons. The number of carboxylic acids is 1. The molecule has 1 heterocycles. The van der Waals surface area contributed by atoms with Crippen LogP contribution in [0.1, 0.15) is 33.1 Å². The lowest BCUT2D eigenvalue weighted by molar-refractivity contribution is -0.138. The summed E-state index contributed by atoms with van der Waals surface area (Å²) in [5, 5.41) is 12.0. The van der Waals surface area contributed by atoms with Gasteiger partial charge in [-0.1, -0.05) is 13.8 Å². The molecule has 2 N–H and O–H groups in total. The summed E-state index contributed by atoms with van der Waals surface area (Å²) >= 11 is 1.72. The fourth-order valence-electron chi connectivity index (χ4n) is 2.76. The summed E-state index contributed by atoms with van der Waals surface area (Å²) in [6, 6.07) is -0.274. The van der Waals surface area contributed by atoms with Crippen LogP contribution in [0.3, 0.4) is 0 Å². The quantitative estimate of drug-likeness (QED) is 0.815. The Hall–Kier alpha value is -0.910. The third kappa shape index (κ3) is 3.59. The van der Waals surface area contributed by atoms with Crippen molar-refractivity contribution in [3.63, 3.8) is 0 Å². The lowest BCUT2D eigenvalue weighted by Gasteiger charge is -2.35. The van der Waals surface area contributed by atoms with Crippen molar-refractivity contribution >= 4 is 23.8 Å². The summed E-state index contributed by atoms with van der Waals surface area (Å²) in [6.07, 6.45) is 2.40. The zero-order chi connectivity index (χ0) is 14.8. The molecular weight excluding hydrogens is 276 g/mol. The highest BCUT2D eigenvalue weighted by Crippen LogP contribution is 2.51. The van der Waals surface area contributed by atoms with Crippen LogP contribution in [0.2, 0.25) is 0 Å². The number of hydrogen-bond acceptors (Lipinski definition) is 3. The van der Waals surface area contributed by atoms with Crippen LogP contribution in [-0.2, 0) is 4.79 Å². The van der Waals surface area contributed by atoms with E-state index < -0.39 is 5.97 Å². The standard InChI is InChI=1S/C14H24N2O3S/c1-10(2)14(3-4-14)9-15-13(19)16-5-6-20-8-11(16)7-12(17)18/h10-11H,3-9H2,1-2H3,(H,15,19)(H,17,18). The maximum Gasteiger partial charge on any atom is 0.317 e. The van der Waals surface area contributed by atoms with Gasteiger partial charge in [0.05, 0.1) is 12.5 Å². The number of urea groups is 1. The minimum absolute atomic E-state index is 0.0374. The molecule has 2 fully saturated rings. The van der Waals surface area contributed by atoms with Gasteiger partial charge in [0.15, 0.2) is 0 Å². The molecule has 2 amide bonds. The molecule has 6 heteroatoms. The first-order valence-electron chi connectivity index (χ1n) is 7.28. The average Bonchev–Trinajstić information content (AvgIpc) is 3.17. The van der Waals surface area contributed by atoms with E-state index in [0.29, 0.717) is 19.0 Å². The maximum absolute atomic E-state index is 12.3. The number of hydrogen-bond donors (Lipinski definition) is 2. The van der Waals surface area contributed by atoms with Crippen molar-refractivity contribution in [2.75, 3.05) is 24.6 Å². The van der Waals surface area contributed by atoms with Gasteiger partial charge in [-0.3, -0.25) is 4.79 Å². The molecule has 0 aromatic heterocycles. The predicted molar refractivity (Wildman–Crippen MR) is 80.0 cm³/mol. The molecule has 0 aromatic carbocycles. The molecule has 1 unspecified atom stereocenters. The molecule has 2 aliphatic rings. The summed E-state index contributed by atoms with van der Waals surface area (Å²) in [5.74, 6) is 1.35. The average molecular weight is 300 g/mol. The second-order valence-corrected chi connectivity index (χ2v) is 7.35. The first kappa shape index (κ1) is 15.5. The Morgan fingerprint density at radius 3 is 2.70 bits per heavy atom. The highest BCUT2D eigenvalue weighted by atomic mass is 32.2. The molecule has 1 aliphatic carbocycles. The summed E-state index contributed by atoms with van der Waals surface area (Å²) in [5.41, 5.74) is 0.280. The summed E-state index contributed by atoms with van der Waals surface area (Å²) in [7, 11) is 0. The Morgan fingerprint density at radius 2 is 2.15 bits per heavy atom. The molecule has 0 radical (unpaired) electrons. The molecule has 20 heavy (non-hydrogen) atoms. The smallest absolute Gasteiger partial charge is 0.317 e. The number of nitrogens with zero attached hydrogens (tertiary/aromatic N) is 1. The SMILES string of the molecule is CC(C)C1(CNC(=O)N2CCSCC2CC(=O)O)CC1. The van der Waals surface area contributed by atoms with Gasteiger partial charge in [-0.2, -0.15) is 11.8 Å². The number of amides is 2. The molecule has 0 spiro atoms. The fourth-order valence-corrected chi connectivity index (χ4v) is 3.83. The van der Waals surface area contributed by atoms with E-state index in [1.165, 1.54) is 12.8 Å². The second kappa shape index (κ2) is 6.24. The maximum atomic E-state index is 12.3. The van der Waals surface area contributed by atoms with Gasteiger partial charge in [0.2, 0.25) is 0 Å². The van der Waals surface area contributed by atoms with Crippen molar-refractivity contribution in [1.29, 1.82) is 0 Å². The van der Waals surface area contributed by atoms with E-state index >= 15 is 0 Å². The lowest BCUT2D eigenvalue weighted by Crippen LogP contribution is -2.52. The first-order valence-corrected chi connectivity index (χ1v) is 8.44. The van der Waals surface area contributed by atoms with Crippen molar-refractivity contribution in [3.8, 4) is 0 Å². The van der Waals surface area contributed by atoms with Crippen LogP contribution >= 0.6 is 11.8 Å². The monoisotopic (exact) mass is 300 g/mol. The van der Waals surface area contributed by atoms with Crippen LogP contribution in [-0.4, -0.2) is 52.6 Å². The zero-order valence-corrected chi connectivity index (χ0v) is 13.0. The minimum atomic E-state index is -0.837. The highest BCUT2D eigenvalue weighted by Gasteiger charge is 2.45. The Morgan fingerprint density at radius 1 is 1.45 bits per heavy atom. The van der Waals surface area contributed by atoms with E-state index in [1.54, 1.807) is 16.7 Å². The number of aliphatic carboxylic acids is 1. The number of carbonyl (C=O) groups is 2. The van der Waals surface area contributed by atoms with Gasteiger partial charge < -0.3 is 15.3 Å². The summed E-state index contributed by atoms with van der Waals surface area (Å²) in [4.78, 5) is 24.9. The lowest BCUT2D eigenvalue weighted by atomic mass is 9.92. The van der Waals surface area contributed by atoms with Crippen molar-refractivity contribution in [2.45, 2.75) is 39.2 Å². The third-order valence-electron chi connectivity index (χ3n) is 4.61. The van der Waals surface area contributed by atoms with Crippen molar-refractivity contribution in [2.24, 2.45) is 11.3 Å². The van der Waals surface area contributed by atoms with Gasteiger partial charge in [0.1, 0.15) is 0 Å². The second-order valence-electron chi connectivity index (χ2n) is 6.20. The van der Waals surface area contributed by atoms with Crippen molar-refractivity contribution in [3.05, 3.63) is 0 Å². The van der Waals surface area contributed by atoms with Gasteiger partial charge >= 0.3 is 12.0 Å². The molecule has 0 aromatic rings. The largest absolute Gasteiger partial charge is 0.481 e. The van der Waals surface area contributed by atoms with E-state index in [-0.39, 0.29) is 23.9 Å². The van der Waals surface area contributed by atoms with Crippen molar-refractivity contribution < 1.29 is 14.7 Å². The van der Waals surface area contributed by atoms with E-state index in [1.807, 2.05) is 0 Å². The van der Waals surface area contributed by atoms with Gasteiger partial charge in [0.25, 0.3) is 0 Å². The number of nitrogens with one attached hydrogen (secondary N) is 1. The Balaban J connectivity index is 1.88. The Kier molecular flexibility index (Phi) is 4.83. The Bertz CT molecular complexity index is 383. The minimum Gasteiger partial charge on any atom is -0.481 e. The number of thioether (sulfide) groups is 1. The van der Waals surface area contributed by atoms with Gasteiger partial charge in [-0.25, -0.2) is 4.79 Å². The van der Waals surface area contributed by atoms with E-state index in [2.05, 4.69) is 19.2 Å². The van der Waals surface area contributed by atoms with Crippen LogP contribution in [0.4, 0.5) is 4.79 Å². The number of carbonyl (C=O) groups excluding carboxylic acids is 1. The van der Waals surface area contributed by atoms with Crippen LogP contribution in [0.25, 0.3) is 0 Å². The highest BCUT2D eigenvalue weighted by molar-refractivity contribution is 7.99. The zero-order valence-electron chi connectivity index (χ0n) is 12.2. The van der Waals surface area contributed by atoms with E-state index in [0.717, 1.165) is 11.5 Å². The van der Waals surface area contributed by atoms with Crippen LogP contribution in [0.15, 0.2) is 0 Å². The molecule has 0 bridgehead atoms. The third-order valence-corrected chi connectivity index (χ3v) is 5.70. The Labute approximate surface area is 124 Å². The molecule has 1 aliphatic heterocycles. The van der Waals surface area contributed by atoms with Crippen LogP contribution < -0.4 is 5.32 Å². The molecule has 1 saturated heterocycles.